The van der Waals surface area contributed by atoms with Crippen molar-refractivity contribution in [2.75, 3.05) is 11.4 Å². The lowest BCUT2D eigenvalue weighted by Crippen LogP contribution is -2.34. The molecule has 0 N–H and O–H groups in total. The van der Waals surface area contributed by atoms with E-state index in [4.69, 9.17) is 4.74 Å². The third-order valence-electron chi connectivity index (χ3n) is 5.05. The number of hydrogen-bond donors (Lipinski definition) is 0. The van der Waals surface area contributed by atoms with Gasteiger partial charge in [0.15, 0.2) is 0 Å². The second-order valence-corrected chi connectivity index (χ2v) is 7.26. The number of para-hydroxylation sites is 1. The van der Waals surface area contributed by atoms with Gasteiger partial charge in [0, 0.05) is 42.1 Å². The molecule has 4 rings (SSSR count). The maximum atomic E-state index is 12.6. The summed E-state index contributed by atoms with van der Waals surface area (Å²) in [5.74, 6) is 0.358. The monoisotopic (exact) mass is 358 g/mol. The van der Waals surface area contributed by atoms with E-state index in [1.807, 2.05) is 42.7 Å². The number of nitrogens with zero attached hydrogens (tertiary/aromatic N) is 2. The van der Waals surface area contributed by atoms with E-state index >= 15 is 0 Å². The van der Waals surface area contributed by atoms with Gasteiger partial charge in [0.05, 0.1) is 6.42 Å². The van der Waals surface area contributed by atoms with E-state index < -0.39 is 0 Å². The highest BCUT2D eigenvalue weighted by atomic mass is 16.5. The molecule has 4 nitrogen and oxygen atoms in total. The number of aromatic nitrogens is 1. The molecule has 0 spiro atoms. The first-order valence-corrected chi connectivity index (χ1v) is 9.13. The van der Waals surface area contributed by atoms with E-state index in [1.54, 1.807) is 12.1 Å². The molecule has 27 heavy (non-hydrogen) atoms. The lowest BCUT2D eigenvalue weighted by molar-refractivity contribution is -0.135. The standard InChI is InChI=1S/C23H22N2O2/c1-23(14-22(26)27-19-10-6-3-7-11-19)17-25(16-18-8-4-2-5-9-18)21-12-13-24-15-20(21)23/h2-13,15H,14,16-17H2,1H3. The highest BCUT2D eigenvalue weighted by Gasteiger charge is 2.41. The maximum Gasteiger partial charge on any atom is 0.312 e. The number of esters is 1. The molecule has 0 aliphatic carbocycles. The first kappa shape index (κ1) is 17.3. The number of carbonyl (C=O) groups excluding carboxylic acids is 1. The molecule has 1 atom stereocenters. The van der Waals surface area contributed by atoms with Crippen LogP contribution >= 0.6 is 0 Å². The van der Waals surface area contributed by atoms with Crippen LogP contribution in [0.3, 0.4) is 0 Å². The van der Waals surface area contributed by atoms with Crippen LogP contribution in [0.4, 0.5) is 5.69 Å². The third-order valence-corrected chi connectivity index (χ3v) is 5.05. The lowest BCUT2D eigenvalue weighted by atomic mass is 9.82. The fraction of sp³-hybridized carbons (Fsp3) is 0.217. The highest BCUT2D eigenvalue weighted by Crippen LogP contribution is 2.43. The summed E-state index contributed by atoms with van der Waals surface area (Å²) in [5, 5.41) is 0. The van der Waals surface area contributed by atoms with Gasteiger partial charge in [0.2, 0.25) is 0 Å². The zero-order chi connectivity index (χ0) is 18.7. The molecule has 3 aromatic rings. The van der Waals surface area contributed by atoms with Crippen LogP contribution in [0.5, 0.6) is 5.75 Å². The van der Waals surface area contributed by atoms with E-state index in [-0.39, 0.29) is 11.4 Å². The average Bonchev–Trinajstić information content (AvgIpc) is 2.95. The Labute approximate surface area is 159 Å². The average molecular weight is 358 g/mol. The van der Waals surface area contributed by atoms with Crippen LogP contribution in [0.15, 0.2) is 79.1 Å². The summed E-state index contributed by atoms with van der Waals surface area (Å²) in [6.45, 7) is 3.68. The molecule has 1 aliphatic rings. The number of ether oxygens (including phenoxy) is 1. The number of pyridine rings is 1. The van der Waals surface area contributed by atoms with Crippen LogP contribution in [-0.4, -0.2) is 17.5 Å². The minimum Gasteiger partial charge on any atom is -0.427 e. The maximum absolute atomic E-state index is 12.6. The van der Waals surface area contributed by atoms with Gasteiger partial charge in [-0.2, -0.15) is 0 Å². The summed E-state index contributed by atoms with van der Waals surface area (Å²) < 4.78 is 5.53. The lowest BCUT2D eigenvalue weighted by Gasteiger charge is -2.25. The topological polar surface area (TPSA) is 42.4 Å². The Morgan fingerprint density at radius 1 is 1.07 bits per heavy atom. The van der Waals surface area contributed by atoms with Crippen molar-refractivity contribution in [1.29, 1.82) is 0 Å². The Hall–Kier alpha value is -3.14. The molecule has 2 aromatic carbocycles. The van der Waals surface area contributed by atoms with Crippen molar-refractivity contribution in [3.63, 3.8) is 0 Å². The number of carbonyl (C=O) groups is 1. The van der Waals surface area contributed by atoms with E-state index in [0.29, 0.717) is 12.2 Å². The van der Waals surface area contributed by atoms with Gasteiger partial charge in [0.1, 0.15) is 5.75 Å². The number of anilines is 1. The molecule has 0 saturated carbocycles. The summed E-state index contributed by atoms with van der Waals surface area (Å²) in [5.41, 5.74) is 3.16. The van der Waals surface area contributed by atoms with E-state index in [2.05, 4.69) is 41.1 Å². The second-order valence-electron chi connectivity index (χ2n) is 7.26. The van der Waals surface area contributed by atoms with Gasteiger partial charge in [-0.25, -0.2) is 0 Å². The smallest absolute Gasteiger partial charge is 0.312 e. The molecular formula is C23H22N2O2. The highest BCUT2D eigenvalue weighted by molar-refractivity contribution is 5.76. The van der Waals surface area contributed by atoms with Gasteiger partial charge >= 0.3 is 5.97 Å². The zero-order valence-corrected chi connectivity index (χ0v) is 15.3. The molecule has 1 aromatic heterocycles. The first-order chi connectivity index (χ1) is 13.1. The fourth-order valence-electron chi connectivity index (χ4n) is 3.79. The van der Waals surface area contributed by atoms with Crippen molar-refractivity contribution in [1.82, 2.24) is 4.98 Å². The number of rotatable bonds is 5. The number of benzene rings is 2. The van der Waals surface area contributed by atoms with E-state index in [0.717, 1.165) is 24.3 Å². The molecule has 0 amide bonds. The van der Waals surface area contributed by atoms with Crippen LogP contribution in [0.2, 0.25) is 0 Å². The zero-order valence-electron chi connectivity index (χ0n) is 15.3. The predicted molar refractivity (Wildman–Crippen MR) is 106 cm³/mol. The van der Waals surface area contributed by atoms with Gasteiger partial charge in [0.25, 0.3) is 0 Å². The van der Waals surface area contributed by atoms with Crippen molar-refractivity contribution in [2.45, 2.75) is 25.3 Å². The summed E-state index contributed by atoms with van der Waals surface area (Å²) in [7, 11) is 0. The summed E-state index contributed by atoms with van der Waals surface area (Å²) in [4.78, 5) is 19.2. The molecule has 0 fully saturated rings. The Morgan fingerprint density at radius 2 is 1.78 bits per heavy atom. The van der Waals surface area contributed by atoms with Crippen molar-refractivity contribution >= 4 is 11.7 Å². The van der Waals surface area contributed by atoms with Crippen molar-refractivity contribution in [2.24, 2.45) is 0 Å². The third kappa shape index (κ3) is 3.70. The van der Waals surface area contributed by atoms with Gasteiger partial charge in [-0.15, -0.1) is 0 Å². The molecular weight excluding hydrogens is 336 g/mol. The van der Waals surface area contributed by atoms with E-state index in [9.17, 15) is 4.79 Å². The predicted octanol–water partition coefficient (Wildman–Crippen LogP) is 4.36. The van der Waals surface area contributed by atoms with Crippen molar-refractivity contribution < 1.29 is 9.53 Å². The molecule has 4 heteroatoms. The largest absolute Gasteiger partial charge is 0.427 e. The Morgan fingerprint density at radius 3 is 2.52 bits per heavy atom. The van der Waals surface area contributed by atoms with E-state index in [1.165, 1.54) is 5.56 Å². The Balaban J connectivity index is 1.54. The number of fused-ring (bicyclic) bond motifs is 1. The van der Waals surface area contributed by atoms with Gasteiger partial charge in [-0.1, -0.05) is 55.5 Å². The molecule has 1 unspecified atom stereocenters. The van der Waals surface area contributed by atoms with Gasteiger partial charge in [-0.3, -0.25) is 9.78 Å². The van der Waals surface area contributed by atoms with Crippen molar-refractivity contribution in [3.8, 4) is 5.75 Å². The first-order valence-electron chi connectivity index (χ1n) is 9.13. The summed E-state index contributed by atoms with van der Waals surface area (Å²) in [6, 6.07) is 21.6. The molecule has 0 radical (unpaired) electrons. The van der Waals surface area contributed by atoms with Crippen LogP contribution in [-0.2, 0) is 16.8 Å². The van der Waals surface area contributed by atoms with Crippen LogP contribution in [0.1, 0.15) is 24.5 Å². The Kier molecular flexibility index (Phi) is 4.63. The molecule has 1 aliphatic heterocycles. The number of hydrogen-bond acceptors (Lipinski definition) is 4. The quantitative estimate of drug-likeness (QED) is 0.502. The van der Waals surface area contributed by atoms with Crippen LogP contribution in [0.25, 0.3) is 0 Å². The molecule has 0 saturated heterocycles. The molecule has 0 bridgehead atoms. The summed E-state index contributed by atoms with van der Waals surface area (Å²) >= 11 is 0. The molecule has 136 valence electrons. The van der Waals surface area contributed by atoms with Crippen LogP contribution in [0, 0.1) is 0 Å². The summed E-state index contributed by atoms with van der Waals surface area (Å²) in [6.07, 6.45) is 4.01. The van der Waals surface area contributed by atoms with Gasteiger partial charge < -0.3 is 9.64 Å². The normalized spacial score (nSPS) is 18.2. The minimum absolute atomic E-state index is 0.222. The SMILES string of the molecule is CC1(CC(=O)Oc2ccccc2)CN(Cc2ccccc2)c2ccncc21. The van der Waals surface area contributed by atoms with Gasteiger partial charge in [-0.05, 0) is 23.8 Å². The minimum atomic E-state index is -0.329. The fourth-order valence-corrected chi connectivity index (χ4v) is 3.79. The molecule has 2 heterocycles. The second kappa shape index (κ2) is 7.23. The van der Waals surface area contributed by atoms with Crippen LogP contribution < -0.4 is 9.64 Å². The Bertz CT molecular complexity index is 927. The van der Waals surface area contributed by atoms with Crippen molar-refractivity contribution in [3.05, 3.63) is 90.3 Å².